The summed E-state index contributed by atoms with van der Waals surface area (Å²) in [4.78, 5) is 0. The van der Waals surface area contributed by atoms with Crippen LogP contribution in [0.1, 0.15) is 0 Å². The SMILES string of the molecule is NC(=S)Nc1cccc[n+]1O.[Cl-]. The molecule has 4 nitrogen and oxygen atoms in total. The number of pyridine rings is 1. The van der Waals surface area contributed by atoms with E-state index in [1.165, 1.54) is 6.20 Å². The van der Waals surface area contributed by atoms with Crippen LogP contribution in [0.15, 0.2) is 24.4 Å². The highest BCUT2D eigenvalue weighted by atomic mass is 35.5. The number of aromatic nitrogens is 1. The van der Waals surface area contributed by atoms with Crippen molar-refractivity contribution in [2.75, 3.05) is 5.32 Å². The number of nitrogens with two attached hydrogens (primary N) is 1. The van der Waals surface area contributed by atoms with Crippen LogP contribution >= 0.6 is 12.2 Å². The fourth-order valence-electron chi connectivity index (χ4n) is 0.660. The molecule has 12 heavy (non-hydrogen) atoms. The number of anilines is 1. The van der Waals surface area contributed by atoms with Gasteiger partial charge in [-0.15, -0.1) is 0 Å². The molecule has 0 saturated carbocycles. The monoisotopic (exact) mass is 205 g/mol. The smallest absolute Gasteiger partial charge is 0.320 e. The Morgan fingerprint density at radius 2 is 2.25 bits per heavy atom. The van der Waals surface area contributed by atoms with Gasteiger partial charge in [0.25, 0.3) is 5.11 Å². The van der Waals surface area contributed by atoms with E-state index in [9.17, 15) is 0 Å². The van der Waals surface area contributed by atoms with Gasteiger partial charge in [-0.25, -0.2) is 5.32 Å². The lowest BCUT2D eigenvalue weighted by Gasteiger charge is -1.96. The second-order valence-electron chi connectivity index (χ2n) is 1.92. The minimum atomic E-state index is 0. The molecule has 0 fully saturated rings. The Balaban J connectivity index is 0.00000121. The summed E-state index contributed by atoms with van der Waals surface area (Å²) in [5.41, 5.74) is 5.19. The summed E-state index contributed by atoms with van der Waals surface area (Å²) < 4.78 is 0.902. The van der Waals surface area contributed by atoms with E-state index in [0.29, 0.717) is 5.82 Å². The first-order chi connectivity index (χ1) is 5.20. The molecule has 1 aromatic heterocycles. The molecule has 0 spiro atoms. The standard InChI is InChI=1S/C6H7N3OS.ClH/c7-6(11)8-5-3-1-2-4-9(5)10;/h1-4,10H,(H2,7,11);1H. The van der Waals surface area contributed by atoms with Crippen molar-refractivity contribution < 1.29 is 22.3 Å². The van der Waals surface area contributed by atoms with E-state index in [-0.39, 0.29) is 17.5 Å². The van der Waals surface area contributed by atoms with E-state index in [1.807, 2.05) is 0 Å². The molecule has 0 radical (unpaired) electrons. The first kappa shape index (κ1) is 10.9. The molecular formula is C6H8ClN3OS. The van der Waals surface area contributed by atoms with Gasteiger partial charge >= 0.3 is 5.82 Å². The van der Waals surface area contributed by atoms with Crippen molar-refractivity contribution in [3.8, 4) is 0 Å². The Hall–Kier alpha value is -1.07. The Kier molecular flexibility index (Phi) is 4.31. The van der Waals surface area contributed by atoms with Crippen molar-refractivity contribution in [1.82, 2.24) is 0 Å². The van der Waals surface area contributed by atoms with E-state index < -0.39 is 0 Å². The summed E-state index contributed by atoms with van der Waals surface area (Å²) >= 11 is 4.58. The largest absolute Gasteiger partial charge is 1.00 e. The van der Waals surface area contributed by atoms with Gasteiger partial charge in [-0.1, -0.05) is 10.8 Å². The second-order valence-corrected chi connectivity index (χ2v) is 2.36. The van der Waals surface area contributed by atoms with Gasteiger partial charge in [0.1, 0.15) is 6.20 Å². The molecule has 1 aromatic rings. The third-order valence-corrected chi connectivity index (χ3v) is 1.19. The molecule has 0 aliphatic rings. The molecule has 0 aliphatic carbocycles. The lowest BCUT2D eigenvalue weighted by atomic mass is 10.5. The van der Waals surface area contributed by atoms with Crippen molar-refractivity contribution in [2.24, 2.45) is 5.73 Å². The minimum absolute atomic E-state index is 0. The van der Waals surface area contributed by atoms with E-state index in [4.69, 9.17) is 10.9 Å². The quantitative estimate of drug-likeness (QED) is 0.258. The van der Waals surface area contributed by atoms with Crippen LogP contribution in [0.5, 0.6) is 0 Å². The third kappa shape index (κ3) is 2.89. The van der Waals surface area contributed by atoms with Crippen molar-refractivity contribution in [3.63, 3.8) is 0 Å². The number of hydrogen-bond acceptors (Lipinski definition) is 2. The van der Waals surface area contributed by atoms with Gasteiger partial charge in [0, 0.05) is 6.07 Å². The van der Waals surface area contributed by atoms with Gasteiger partial charge in [0.2, 0.25) is 0 Å². The van der Waals surface area contributed by atoms with Crippen molar-refractivity contribution in [2.45, 2.75) is 0 Å². The van der Waals surface area contributed by atoms with E-state index in [0.717, 1.165) is 4.73 Å². The number of hydrogen-bond donors (Lipinski definition) is 3. The van der Waals surface area contributed by atoms with Gasteiger partial charge < -0.3 is 23.3 Å². The lowest BCUT2D eigenvalue weighted by molar-refractivity contribution is -0.893. The zero-order valence-electron chi connectivity index (χ0n) is 6.07. The Morgan fingerprint density at radius 3 is 2.75 bits per heavy atom. The van der Waals surface area contributed by atoms with Crippen LogP contribution in [0, 0.1) is 0 Å². The molecule has 4 N–H and O–H groups in total. The van der Waals surface area contributed by atoms with Gasteiger partial charge in [-0.05, 0) is 18.3 Å². The topological polar surface area (TPSA) is 62.2 Å². The summed E-state index contributed by atoms with van der Waals surface area (Å²) in [6.45, 7) is 0. The Bertz CT molecular complexity index is 281. The first-order valence-electron chi connectivity index (χ1n) is 2.96. The van der Waals surface area contributed by atoms with Crippen LogP contribution in [-0.2, 0) is 0 Å². The summed E-state index contributed by atoms with van der Waals surface area (Å²) in [5, 5.41) is 11.8. The molecule has 66 valence electrons. The predicted molar refractivity (Wildman–Crippen MR) is 44.2 cm³/mol. The van der Waals surface area contributed by atoms with Crippen LogP contribution in [0.4, 0.5) is 5.82 Å². The van der Waals surface area contributed by atoms with Gasteiger partial charge in [-0.2, -0.15) is 0 Å². The first-order valence-corrected chi connectivity index (χ1v) is 3.37. The molecule has 0 aromatic carbocycles. The number of thiocarbonyl (C=S) groups is 1. The maximum atomic E-state index is 9.10. The second kappa shape index (κ2) is 4.74. The molecule has 0 bridgehead atoms. The number of nitrogens with one attached hydrogen (secondary N) is 1. The normalized spacial score (nSPS) is 8.33. The Labute approximate surface area is 81.4 Å². The highest BCUT2D eigenvalue weighted by Crippen LogP contribution is 1.94. The van der Waals surface area contributed by atoms with E-state index >= 15 is 0 Å². The molecule has 0 atom stereocenters. The Morgan fingerprint density at radius 1 is 1.58 bits per heavy atom. The summed E-state index contributed by atoms with van der Waals surface area (Å²) in [7, 11) is 0. The molecule has 0 unspecified atom stereocenters. The zero-order chi connectivity index (χ0) is 8.27. The summed E-state index contributed by atoms with van der Waals surface area (Å²) in [6, 6.07) is 5.09. The highest BCUT2D eigenvalue weighted by Gasteiger charge is 2.05. The fourth-order valence-corrected chi connectivity index (χ4v) is 0.764. The maximum Gasteiger partial charge on any atom is 0.320 e. The molecule has 0 saturated heterocycles. The molecule has 0 aliphatic heterocycles. The van der Waals surface area contributed by atoms with Crippen molar-refractivity contribution >= 4 is 23.1 Å². The van der Waals surface area contributed by atoms with Gasteiger partial charge in [-0.3, -0.25) is 0 Å². The summed E-state index contributed by atoms with van der Waals surface area (Å²) in [6.07, 6.45) is 1.47. The van der Waals surface area contributed by atoms with Gasteiger partial charge in [0.15, 0.2) is 0 Å². The average Bonchev–Trinajstić information content (AvgIpc) is 1.93. The average molecular weight is 206 g/mol. The number of nitrogens with zero attached hydrogens (tertiary/aromatic N) is 1. The fraction of sp³-hybridized carbons (Fsp3) is 0. The zero-order valence-corrected chi connectivity index (χ0v) is 7.64. The van der Waals surface area contributed by atoms with Crippen molar-refractivity contribution in [1.29, 1.82) is 0 Å². The van der Waals surface area contributed by atoms with Crippen molar-refractivity contribution in [3.05, 3.63) is 24.4 Å². The predicted octanol–water partition coefficient (Wildman–Crippen LogP) is -3.13. The minimum Gasteiger partial charge on any atom is -1.00 e. The number of rotatable bonds is 1. The van der Waals surface area contributed by atoms with Gasteiger partial charge in [0.05, 0.1) is 0 Å². The van der Waals surface area contributed by atoms with Crippen LogP contribution in [0.3, 0.4) is 0 Å². The maximum absolute atomic E-state index is 9.10. The molecule has 1 rings (SSSR count). The molecule has 6 heteroatoms. The summed E-state index contributed by atoms with van der Waals surface area (Å²) in [5.74, 6) is 0.444. The number of halogens is 1. The molecule has 0 amide bonds. The van der Waals surface area contributed by atoms with Crippen LogP contribution in [0.2, 0.25) is 0 Å². The third-order valence-electron chi connectivity index (χ3n) is 1.09. The van der Waals surface area contributed by atoms with Crippen LogP contribution in [0.25, 0.3) is 0 Å². The lowest BCUT2D eigenvalue weighted by Crippen LogP contribution is -3.00. The van der Waals surface area contributed by atoms with Crippen LogP contribution < -0.4 is 28.2 Å². The van der Waals surface area contributed by atoms with Crippen LogP contribution in [-0.4, -0.2) is 10.3 Å². The highest BCUT2D eigenvalue weighted by molar-refractivity contribution is 7.80. The van der Waals surface area contributed by atoms with E-state index in [1.54, 1.807) is 18.2 Å². The molecule has 1 heterocycles. The van der Waals surface area contributed by atoms with E-state index in [2.05, 4.69) is 17.5 Å². The molecular weight excluding hydrogens is 198 g/mol.